The van der Waals surface area contributed by atoms with Gasteiger partial charge in [0.25, 0.3) is 5.56 Å². The molecule has 5 nitrogen and oxygen atoms in total. The summed E-state index contributed by atoms with van der Waals surface area (Å²) in [5.74, 6) is -3.44. The van der Waals surface area contributed by atoms with Gasteiger partial charge in [-0.25, -0.2) is 4.84 Å². The molecule has 19 heavy (non-hydrogen) atoms. The Morgan fingerprint density at radius 2 is 2.00 bits per heavy atom. The van der Waals surface area contributed by atoms with E-state index in [2.05, 4.69) is 9.82 Å². The van der Waals surface area contributed by atoms with Crippen molar-refractivity contribution in [1.82, 2.24) is 10.5 Å². The Kier molecular flexibility index (Phi) is 2.94. The van der Waals surface area contributed by atoms with Crippen molar-refractivity contribution >= 4 is 5.70 Å². The molecule has 1 aliphatic heterocycles. The van der Waals surface area contributed by atoms with Crippen LogP contribution in [0.15, 0.2) is 16.9 Å². The number of alkyl halides is 3. The summed E-state index contributed by atoms with van der Waals surface area (Å²) in [6.45, 7) is 3.22. The van der Waals surface area contributed by atoms with Crippen molar-refractivity contribution < 1.29 is 23.1 Å². The summed E-state index contributed by atoms with van der Waals surface area (Å²) in [4.78, 5) is 18.4. The van der Waals surface area contributed by atoms with Crippen LogP contribution in [-0.2, 0) is 4.84 Å². The molecule has 1 atom stereocenters. The SMILES string of the molecule is Cc1cc(C)c(C2=CC(O)(C(F)(F)F)ON2)c(=O)[nH]1. The monoisotopic (exact) mass is 276 g/mol. The minimum Gasteiger partial charge on any atom is -0.354 e. The second kappa shape index (κ2) is 4.10. The van der Waals surface area contributed by atoms with Gasteiger partial charge in [-0.15, -0.1) is 0 Å². The van der Waals surface area contributed by atoms with E-state index in [1.54, 1.807) is 19.9 Å². The number of hydrogen-bond acceptors (Lipinski definition) is 4. The average molecular weight is 276 g/mol. The summed E-state index contributed by atoms with van der Waals surface area (Å²) in [5, 5.41) is 9.30. The maximum Gasteiger partial charge on any atom is 0.449 e. The zero-order chi connectivity index (χ0) is 14.4. The summed E-state index contributed by atoms with van der Waals surface area (Å²) in [6.07, 6.45) is -4.58. The summed E-state index contributed by atoms with van der Waals surface area (Å²) >= 11 is 0. The smallest absolute Gasteiger partial charge is 0.354 e. The van der Waals surface area contributed by atoms with Gasteiger partial charge in [-0.2, -0.15) is 13.2 Å². The summed E-state index contributed by atoms with van der Waals surface area (Å²) < 4.78 is 37.7. The van der Waals surface area contributed by atoms with Gasteiger partial charge in [0.1, 0.15) is 0 Å². The number of halogens is 3. The largest absolute Gasteiger partial charge is 0.449 e. The van der Waals surface area contributed by atoms with Gasteiger partial charge in [0.15, 0.2) is 0 Å². The number of aryl methyl sites for hydroxylation is 2. The van der Waals surface area contributed by atoms with Crippen LogP contribution in [0.4, 0.5) is 13.2 Å². The van der Waals surface area contributed by atoms with E-state index in [-0.39, 0.29) is 11.3 Å². The lowest BCUT2D eigenvalue weighted by Crippen LogP contribution is -2.45. The van der Waals surface area contributed by atoms with Crippen molar-refractivity contribution in [2.24, 2.45) is 0 Å². The predicted octanol–water partition coefficient (Wildman–Crippen LogP) is 1.12. The highest BCUT2D eigenvalue weighted by molar-refractivity contribution is 5.67. The summed E-state index contributed by atoms with van der Waals surface area (Å²) in [7, 11) is 0. The Hall–Kier alpha value is -1.80. The first-order valence-electron chi connectivity index (χ1n) is 5.31. The normalized spacial score (nSPS) is 23.2. The number of rotatable bonds is 1. The van der Waals surface area contributed by atoms with E-state index in [4.69, 9.17) is 0 Å². The molecule has 0 fully saturated rings. The molecule has 1 unspecified atom stereocenters. The van der Waals surface area contributed by atoms with Gasteiger partial charge in [-0.3, -0.25) is 10.3 Å². The maximum absolute atomic E-state index is 12.6. The van der Waals surface area contributed by atoms with Crippen LogP contribution < -0.4 is 11.0 Å². The third-order valence-electron chi connectivity index (χ3n) is 2.70. The van der Waals surface area contributed by atoms with Crippen LogP contribution in [0.3, 0.4) is 0 Å². The van der Waals surface area contributed by atoms with Crippen LogP contribution in [0, 0.1) is 13.8 Å². The Morgan fingerprint density at radius 3 is 2.47 bits per heavy atom. The lowest BCUT2D eigenvalue weighted by atomic mass is 10.1. The number of hydrogen-bond donors (Lipinski definition) is 3. The molecule has 0 saturated heterocycles. The van der Waals surface area contributed by atoms with E-state index in [0.717, 1.165) is 0 Å². The van der Waals surface area contributed by atoms with Crippen molar-refractivity contribution in [3.8, 4) is 0 Å². The Labute approximate surface area is 105 Å². The highest BCUT2D eigenvalue weighted by atomic mass is 19.4. The fourth-order valence-electron chi connectivity index (χ4n) is 1.84. The highest BCUT2D eigenvalue weighted by Crippen LogP contribution is 2.37. The van der Waals surface area contributed by atoms with E-state index in [9.17, 15) is 23.1 Å². The predicted molar refractivity (Wildman–Crippen MR) is 59.7 cm³/mol. The van der Waals surface area contributed by atoms with Crippen LogP contribution in [-0.4, -0.2) is 22.1 Å². The molecule has 0 aliphatic carbocycles. The number of hydroxylamine groups is 1. The quantitative estimate of drug-likeness (QED) is 0.718. The highest BCUT2D eigenvalue weighted by Gasteiger charge is 2.57. The number of aromatic nitrogens is 1. The van der Waals surface area contributed by atoms with Gasteiger partial charge >= 0.3 is 12.0 Å². The molecular formula is C11H11F3N2O3. The number of nitrogens with one attached hydrogen (secondary N) is 2. The van der Waals surface area contributed by atoms with Gasteiger partial charge in [0.05, 0.1) is 11.3 Å². The fraction of sp³-hybridized carbons (Fsp3) is 0.364. The van der Waals surface area contributed by atoms with E-state index < -0.39 is 17.5 Å². The number of pyridine rings is 1. The average Bonchev–Trinajstić information content (AvgIpc) is 2.59. The first-order chi connectivity index (χ1) is 8.64. The topological polar surface area (TPSA) is 74.3 Å². The molecule has 104 valence electrons. The summed E-state index contributed by atoms with van der Waals surface area (Å²) in [6, 6.07) is 1.60. The molecule has 0 aromatic carbocycles. The molecular weight excluding hydrogens is 265 g/mol. The Morgan fingerprint density at radius 1 is 1.37 bits per heavy atom. The molecule has 1 aromatic heterocycles. The minimum absolute atomic E-state index is 0.00854. The van der Waals surface area contributed by atoms with Crippen molar-refractivity contribution in [1.29, 1.82) is 0 Å². The van der Waals surface area contributed by atoms with Crippen molar-refractivity contribution in [2.45, 2.75) is 25.8 Å². The standard InChI is InChI=1S/C11H11F3N2O3/c1-5-3-6(2)15-9(17)8(5)7-4-10(18,19-16-7)11(12,13)14/h3-4,16,18H,1-2H3,(H,15,17). The molecule has 1 aliphatic rings. The zero-order valence-corrected chi connectivity index (χ0v) is 10.1. The van der Waals surface area contributed by atoms with Crippen LogP contribution in [0.2, 0.25) is 0 Å². The van der Waals surface area contributed by atoms with Crippen LogP contribution in [0.1, 0.15) is 16.8 Å². The molecule has 0 radical (unpaired) electrons. The van der Waals surface area contributed by atoms with E-state index in [1.165, 1.54) is 0 Å². The third kappa shape index (κ3) is 2.24. The van der Waals surface area contributed by atoms with Gasteiger partial charge in [-0.1, -0.05) is 0 Å². The van der Waals surface area contributed by atoms with Gasteiger partial charge < -0.3 is 10.1 Å². The zero-order valence-electron chi connectivity index (χ0n) is 10.1. The lowest BCUT2D eigenvalue weighted by molar-refractivity contribution is -0.345. The van der Waals surface area contributed by atoms with Crippen molar-refractivity contribution in [3.63, 3.8) is 0 Å². The molecule has 3 N–H and O–H groups in total. The molecule has 2 heterocycles. The van der Waals surface area contributed by atoms with Gasteiger partial charge in [-0.05, 0) is 25.5 Å². The number of aliphatic hydroxyl groups is 1. The molecule has 0 bridgehead atoms. The fourth-order valence-corrected chi connectivity index (χ4v) is 1.84. The number of H-pyrrole nitrogens is 1. The molecule has 1 aromatic rings. The second-order valence-electron chi connectivity index (χ2n) is 4.30. The van der Waals surface area contributed by atoms with Crippen LogP contribution in [0.5, 0.6) is 0 Å². The molecule has 0 saturated carbocycles. The minimum atomic E-state index is -5.01. The van der Waals surface area contributed by atoms with Gasteiger partial charge in [0.2, 0.25) is 0 Å². The molecule has 0 spiro atoms. The molecule has 2 rings (SSSR count). The Balaban J connectivity index is 2.52. The van der Waals surface area contributed by atoms with Crippen LogP contribution >= 0.6 is 0 Å². The first-order valence-corrected chi connectivity index (χ1v) is 5.31. The second-order valence-corrected chi connectivity index (χ2v) is 4.30. The van der Waals surface area contributed by atoms with E-state index in [0.29, 0.717) is 17.3 Å². The third-order valence-corrected chi connectivity index (χ3v) is 2.70. The maximum atomic E-state index is 12.6. The summed E-state index contributed by atoms with van der Waals surface area (Å²) in [5.41, 5.74) is 2.19. The van der Waals surface area contributed by atoms with Gasteiger partial charge in [0, 0.05) is 11.8 Å². The van der Waals surface area contributed by atoms with Crippen molar-refractivity contribution in [2.75, 3.05) is 0 Å². The van der Waals surface area contributed by atoms with Crippen LogP contribution in [0.25, 0.3) is 5.70 Å². The van der Waals surface area contributed by atoms with E-state index >= 15 is 0 Å². The molecule has 0 amide bonds. The molecule has 8 heteroatoms. The van der Waals surface area contributed by atoms with E-state index in [1.807, 2.05) is 5.48 Å². The Bertz CT molecular complexity index is 606. The van der Waals surface area contributed by atoms with Crippen molar-refractivity contribution in [3.05, 3.63) is 39.3 Å². The lowest BCUT2D eigenvalue weighted by Gasteiger charge is -2.21. The number of aromatic amines is 1. The first kappa shape index (κ1) is 13.6.